The summed E-state index contributed by atoms with van der Waals surface area (Å²) in [5.41, 5.74) is 2.63. The smallest absolute Gasteiger partial charge is 0.127 e. The summed E-state index contributed by atoms with van der Waals surface area (Å²) in [7, 11) is 0. The van der Waals surface area contributed by atoms with Crippen molar-refractivity contribution >= 4 is 11.3 Å². The molecule has 0 aliphatic rings. The molecule has 0 radical (unpaired) electrons. The average Bonchev–Trinajstić information content (AvgIpc) is 3.14. The molecule has 1 nitrogen and oxygen atoms in total. The maximum Gasteiger partial charge on any atom is 0.127 e. The van der Waals surface area contributed by atoms with Gasteiger partial charge in [0.1, 0.15) is 5.75 Å². The molecule has 1 heterocycles. The monoisotopic (exact) mass is 322 g/mol. The van der Waals surface area contributed by atoms with E-state index in [1.807, 2.05) is 6.07 Å². The van der Waals surface area contributed by atoms with E-state index in [9.17, 15) is 0 Å². The van der Waals surface area contributed by atoms with Crippen LogP contribution in [0.2, 0.25) is 0 Å². The Labute approximate surface area is 142 Å². The molecule has 1 aromatic heterocycles. The molecule has 0 atom stereocenters. The summed E-state index contributed by atoms with van der Waals surface area (Å²) >= 11 is 1.76. The number of aryl methyl sites for hydroxylation is 1. The van der Waals surface area contributed by atoms with Gasteiger partial charge in [-0.3, -0.25) is 0 Å². The Morgan fingerprint density at radius 1 is 0.739 bits per heavy atom. The van der Waals surface area contributed by atoms with Gasteiger partial charge < -0.3 is 4.74 Å². The number of unbranched alkanes of at least 4 members (excludes halogenated alkanes) is 2. The molecular formula is C21H22OS. The Morgan fingerprint density at radius 2 is 1.57 bits per heavy atom. The van der Waals surface area contributed by atoms with Crippen molar-refractivity contribution in [2.24, 2.45) is 0 Å². The van der Waals surface area contributed by atoms with E-state index >= 15 is 0 Å². The Bertz CT molecular complexity index is 689. The first-order chi connectivity index (χ1) is 11.4. The summed E-state index contributed by atoms with van der Waals surface area (Å²) < 4.78 is 6.02. The summed E-state index contributed by atoms with van der Waals surface area (Å²) in [6, 6.07) is 23.2. The number of rotatable bonds is 8. The van der Waals surface area contributed by atoms with Crippen LogP contribution in [0.1, 0.15) is 24.8 Å². The molecule has 3 rings (SSSR count). The molecule has 2 heteroatoms. The van der Waals surface area contributed by atoms with Crippen molar-refractivity contribution in [2.75, 3.05) is 6.61 Å². The van der Waals surface area contributed by atoms with Crippen LogP contribution >= 0.6 is 11.3 Å². The van der Waals surface area contributed by atoms with Crippen molar-refractivity contribution in [3.8, 4) is 16.2 Å². The van der Waals surface area contributed by atoms with Gasteiger partial charge in [-0.25, -0.2) is 0 Å². The third-order valence-corrected chi connectivity index (χ3v) is 4.79. The van der Waals surface area contributed by atoms with Crippen molar-refractivity contribution in [3.63, 3.8) is 0 Å². The zero-order valence-corrected chi connectivity index (χ0v) is 14.1. The van der Waals surface area contributed by atoms with Crippen molar-refractivity contribution in [1.29, 1.82) is 0 Å². The molecule has 0 aliphatic carbocycles. The lowest BCUT2D eigenvalue weighted by molar-refractivity contribution is 0.306. The van der Waals surface area contributed by atoms with Gasteiger partial charge in [0.2, 0.25) is 0 Å². The standard InChI is InChI=1S/C21H22OS/c1-3-10-18(11-4-1)12-5-2-8-16-22-20-14-7-6-13-19(20)21-15-9-17-23-21/h1,3-4,6-7,9-11,13-15,17H,2,5,8,12,16H2. The molecule has 0 saturated carbocycles. The first-order valence-corrected chi connectivity index (χ1v) is 9.11. The average molecular weight is 322 g/mol. The maximum absolute atomic E-state index is 6.02. The minimum absolute atomic E-state index is 0.789. The Balaban J connectivity index is 1.43. The van der Waals surface area contributed by atoms with Gasteiger partial charge in [-0.2, -0.15) is 0 Å². The zero-order valence-electron chi connectivity index (χ0n) is 13.3. The van der Waals surface area contributed by atoms with E-state index in [4.69, 9.17) is 4.74 Å². The van der Waals surface area contributed by atoms with E-state index in [1.54, 1.807) is 11.3 Å². The Kier molecular flexibility index (Phi) is 5.87. The number of hydrogen-bond donors (Lipinski definition) is 0. The third-order valence-electron chi connectivity index (χ3n) is 3.88. The van der Waals surface area contributed by atoms with Crippen molar-refractivity contribution < 1.29 is 4.74 Å². The number of thiophene rings is 1. The molecule has 3 aromatic rings. The van der Waals surface area contributed by atoms with Crippen molar-refractivity contribution in [3.05, 3.63) is 77.7 Å². The van der Waals surface area contributed by atoms with E-state index in [1.165, 1.54) is 28.8 Å². The fraction of sp³-hybridized carbons (Fsp3) is 0.238. The Hall–Kier alpha value is -2.06. The summed E-state index contributed by atoms with van der Waals surface area (Å²) in [5.74, 6) is 0.998. The molecule has 0 spiro atoms. The summed E-state index contributed by atoms with van der Waals surface area (Å²) in [6.45, 7) is 0.789. The first kappa shape index (κ1) is 15.8. The van der Waals surface area contributed by atoms with Crippen molar-refractivity contribution in [1.82, 2.24) is 0 Å². The third kappa shape index (κ3) is 4.70. The van der Waals surface area contributed by atoms with Gasteiger partial charge in [-0.1, -0.05) is 48.5 Å². The first-order valence-electron chi connectivity index (χ1n) is 8.23. The lowest BCUT2D eigenvalue weighted by Gasteiger charge is -2.10. The van der Waals surface area contributed by atoms with Crippen LogP contribution in [0.15, 0.2) is 72.1 Å². The lowest BCUT2D eigenvalue weighted by Crippen LogP contribution is -1.99. The highest BCUT2D eigenvalue weighted by molar-refractivity contribution is 7.13. The van der Waals surface area contributed by atoms with Crippen LogP contribution in [0.5, 0.6) is 5.75 Å². The highest BCUT2D eigenvalue weighted by Gasteiger charge is 2.06. The van der Waals surface area contributed by atoms with Gasteiger partial charge in [0.25, 0.3) is 0 Å². The van der Waals surface area contributed by atoms with E-state index < -0.39 is 0 Å². The lowest BCUT2D eigenvalue weighted by atomic mass is 10.1. The number of benzene rings is 2. The summed E-state index contributed by atoms with van der Waals surface area (Å²) in [5, 5.41) is 2.11. The van der Waals surface area contributed by atoms with Crippen LogP contribution in [0.3, 0.4) is 0 Å². The molecule has 0 aliphatic heterocycles. The molecule has 0 fully saturated rings. The molecular weight excluding hydrogens is 300 g/mol. The highest BCUT2D eigenvalue weighted by Crippen LogP contribution is 2.33. The molecule has 0 unspecified atom stereocenters. The van der Waals surface area contributed by atoms with Crippen LogP contribution in [-0.2, 0) is 6.42 Å². The van der Waals surface area contributed by atoms with Gasteiger partial charge in [-0.05, 0) is 54.8 Å². The molecule has 0 N–H and O–H groups in total. The normalized spacial score (nSPS) is 10.6. The second-order valence-corrected chi connectivity index (χ2v) is 6.57. The van der Waals surface area contributed by atoms with Crippen LogP contribution < -0.4 is 4.74 Å². The van der Waals surface area contributed by atoms with Gasteiger partial charge in [-0.15, -0.1) is 11.3 Å². The number of ether oxygens (including phenoxy) is 1. The predicted molar refractivity (Wildman–Crippen MR) is 99.2 cm³/mol. The van der Waals surface area contributed by atoms with Gasteiger partial charge in [0.15, 0.2) is 0 Å². The molecule has 2 aromatic carbocycles. The van der Waals surface area contributed by atoms with Gasteiger partial charge >= 0.3 is 0 Å². The van der Waals surface area contributed by atoms with E-state index in [-0.39, 0.29) is 0 Å². The van der Waals surface area contributed by atoms with E-state index in [0.29, 0.717) is 0 Å². The Morgan fingerprint density at radius 3 is 2.39 bits per heavy atom. The van der Waals surface area contributed by atoms with E-state index in [2.05, 4.69) is 66.0 Å². The van der Waals surface area contributed by atoms with Crippen LogP contribution in [-0.4, -0.2) is 6.61 Å². The van der Waals surface area contributed by atoms with Gasteiger partial charge in [0.05, 0.1) is 6.61 Å². The highest BCUT2D eigenvalue weighted by atomic mass is 32.1. The number of hydrogen-bond acceptors (Lipinski definition) is 2. The topological polar surface area (TPSA) is 9.23 Å². The predicted octanol–water partition coefficient (Wildman–Crippen LogP) is 6.21. The second kappa shape index (κ2) is 8.54. The molecule has 0 amide bonds. The van der Waals surface area contributed by atoms with Crippen LogP contribution in [0.4, 0.5) is 0 Å². The van der Waals surface area contributed by atoms with Crippen molar-refractivity contribution in [2.45, 2.75) is 25.7 Å². The van der Waals surface area contributed by atoms with E-state index in [0.717, 1.165) is 25.2 Å². The zero-order chi connectivity index (χ0) is 15.7. The minimum atomic E-state index is 0.789. The molecule has 23 heavy (non-hydrogen) atoms. The molecule has 0 bridgehead atoms. The fourth-order valence-corrected chi connectivity index (χ4v) is 3.42. The summed E-state index contributed by atoms with van der Waals surface area (Å²) in [6.07, 6.45) is 4.69. The number of para-hydroxylation sites is 1. The quantitative estimate of drug-likeness (QED) is 0.448. The SMILES string of the molecule is c1ccc(CCCCCOc2ccccc2-c2cccs2)cc1. The molecule has 0 saturated heterocycles. The van der Waals surface area contributed by atoms with Crippen LogP contribution in [0, 0.1) is 0 Å². The fourth-order valence-electron chi connectivity index (χ4n) is 2.66. The maximum atomic E-state index is 6.02. The van der Waals surface area contributed by atoms with Gasteiger partial charge in [0, 0.05) is 10.4 Å². The largest absolute Gasteiger partial charge is 0.493 e. The molecule has 118 valence electrons. The van der Waals surface area contributed by atoms with Crippen LogP contribution in [0.25, 0.3) is 10.4 Å². The summed E-state index contributed by atoms with van der Waals surface area (Å²) in [4.78, 5) is 1.27. The second-order valence-electron chi connectivity index (χ2n) is 5.62. The minimum Gasteiger partial charge on any atom is -0.493 e.